The molecule has 0 heterocycles. The van der Waals surface area contributed by atoms with E-state index in [1.165, 1.54) is 0 Å². The molecule has 14 heavy (non-hydrogen) atoms. The molecule has 1 N–H and O–H groups in total. The predicted molar refractivity (Wildman–Crippen MR) is 63.0 cm³/mol. The van der Waals surface area contributed by atoms with Crippen LogP contribution >= 0.6 is 11.8 Å². The lowest BCUT2D eigenvalue weighted by Gasteiger charge is -2.14. The minimum absolute atomic E-state index is 0.209. The van der Waals surface area contributed by atoms with E-state index < -0.39 is 0 Å². The number of nitriles is 1. The van der Waals surface area contributed by atoms with Crippen LogP contribution in [-0.4, -0.2) is 24.6 Å². The smallest absolute Gasteiger partial charge is 0.0684 e. The molecule has 0 aromatic rings. The van der Waals surface area contributed by atoms with Gasteiger partial charge in [0.1, 0.15) is 0 Å². The number of hydrogen-bond acceptors (Lipinski definition) is 3. The average Bonchev–Trinajstić information content (AvgIpc) is 2.16. The molecular formula is C11H18N2S. The van der Waals surface area contributed by atoms with Crippen molar-refractivity contribution in [1.29, 1.82) is 5.26 Å². The molecule has 2 nitrogen and oxygen atoms in total. The molecule has 0 unspecified atom stereocenters. The monoisotopic (exact) mass is 210 g/mol. The molecule has 0 amide bonds. The van der Waals surface area contributed by atoms with Gasteiger partial charge in [-0.25, -0.2) is 0 Å². The maximum Gasteiger partial charge on any atom is 0.0684 e. The van der Waals surface area contributed by atoms with Crippen LogP contribution in [0.5, 0.6) is 0 Å². The first-order valence-electron chi connectivity index (χ1n) is 4.75. The molecule has 0 spiro atoms. The summed E-state index contributed by atoms with van der Waals surface area (Å²) in [6.45, 7) is 5.79. The van der Waals surface area contributed by atoms with Crippen molar-refractivity contribution >= 4 is 11.8 Å². The number of nitrogens with zero attached hydrogens (tertiary/aromatic N) is 1. The van der Waals surface area contributed by atoms with Crippen LogP contribution in [-0.2, 0) is 0 Å². The van der Waals surface area contributed by atoms with E-state index in [0.29, 0.717) is 0 Å². The summed E-state index contributed by atoms with van der Waals surface area (Å²) in [6, 6.07) is 2.28. The number of hydrogen-bond donors (Lipinski definition) is 1. The third-order valence-corrected chi connectivity index (χ3v) is 2.70. The van der Waals surface area contributed by atoms with E-state index in [-0.39, 0.29) is 5.41 Å². The van der Waals surface area contributed by atoms with Crippen molar-refractivity contribution in [3.63, 3.8) is 0 Å². The molecule has 0 fully saturated rings. The van der Waals surface area contributed by atoms with Crippen LogP contribution < -0.4 is 5.32 Å². The lowest BCUT2D eigenvalue weighted by atomic mass is 9.92. The molecule has 0 aromatic carbocycles. The van der Waals surface area contributed by atoms with Crippen LogP contribution in [0.3, 0.4) is 0 Å². The van der Waals surface area contributed by atoms with Crippen molar-refractivity contribution in [3.05, 3.63) is 0 Å². The Morgan fingerprint density at radius 2 is 2.14 bits per heavy atom. The standard InChI is InChI=1S/C11H18N2S/c1-4-8-14-9-7-13-6-5-11(2,3)10-12/h1,13H,5-9H2,2-3H3. The van der Waals surface area contributed by atoms with Gasteiger partial charge in [-0.3, -0.25) is 0 Å². The van der Waals surface area contributed by atoms with E-state index in [1.807, 2.05) is 13.8 Å². The Kier molecular flexibility index (Phi) is 7.38. The topological polar surface area (TPSA) is 35.8 Å². The molecule has 0 radical (unpaired) electrons. The molecule has 0 aromatic heterocycles. The summed E-state index contributed by atoms with van der Waals surface area (Å²) in [5, 5.41) is 12.1. The van der Waals surface area contributed by atoms with Gasteiger partial charge in [-0.1, -0.05) is 5.92 Å². The quantitative estimate of drug-likeness (QED) is 0.515. The van der Waals surface area contributed by atoms with Gasteiger partial charge >= 0.3 is 0 Å². The maximum absolute atomic E-state index is 8.76. The molecule has 0 saturated carbocycles. The van der Waals surface area contributed by atoms with Crippen LogP contribution in [0.4, 0.5) is 0 Å². The number of terminal acetylenes is 1. The Bertz CT molecular complexity index is 222. The fourth-order valence-electron chi connectivity index (χ4n) is 0.857. The lowest BCUT2D eigenvalue weighted by molar-refractivity contribution is 0.437. The van der Waals surface area contributed by atoms with Gasteiger partial charge in [0, 0.05) is 12.3 Å². The number of nitrogens with one attached hydrogen (secondary N) is 1. The van der Waals surface area contributed by atoms with E-state index in [1.54, 1.807) is 11.8 Å². The molecule has 0 saturated heterocycles. The second-order valence-corrected chi connectivity index (χ2v) is 4.86. The van der Waals surface area contributed by atoms with Gasteiger partial charge < -0.3 is 5.32 Å². The van der Waals surface area contributed by atoms with Gasteiger partial charge in [0.25, 0.3) is 0 Å². The molecule has 0 bridgehead atoms. The van der Waals surface area contributed by atoms with Gasteiger partial charge in [-0.15, -0.1) is 18.2 Å². The highest BCUT2D eigenvalue weighted by Gasteiger charge is 2.14. The lowest BCUT2D eigenvalue weighted by Crippen LogP contribution is -2.23. The van der Waals surface area contributed by atoms with Crippen molar-refractivity contribution < 1.29 is 0 Å². The van der Waals surface area contributed by atoms with Gasteiger partial charge in [-0.05, 0) is 26.8 Å². The van der Waals surface area contributed by atoms with Crippen molar-refractivity contribution in [2.45, 2.75) is 20.3 Å². The van der Waals surface area contributed by atoms with E-state index in [2.05, 4.69) is 17.3 Å². The fourth-order valence-corrected chi connectivity index (χ4v) is 1.41. The molecule has 78 valence electrons. The zero-order chi connectivity index (χ0) is 10.9. The molecule has 0 rings (SSSR count). The highest BCUT2D eigenvalue weighted by atomic mass is 32.2. The molecule has 0 atom stereocenters. The van der Waals surface area contributed by atoms with Crippen LogP contribution in [0.15, 0.2) is 0 Å². The average molecular weight is 210 g/mol. The third kappa shape index (κ3) is 7.98. The van der Waals surface area contributed by atoms with Crippen LogP contribution in [0.2, 0.25) is 0 Å². The summed E-state index contributed by atoms with van der Waals surface area (Å²) < 4.78 is 0. The summed E-state index contributed by atoms with van der Waals surface area (Å²) in [6.07, 6.45) is 6.01. The van der Waals surface area contributed by atoms with E-state index >= 15 is 0 Å². The van der Waals surface area contributed by atoms with Crippen molar-refractivity contribution in [3.8, 4) is 18.4 Å². The van der Waals surface area contributed by atoms with Crippen molar-refractivity contribution in [2.75, 3.05) is 24.6 Å². The van der Waals surface area contributed by atoms with E-state index in [4.69, 9.17) is 11.7 Å². The Hall–Kier alpha value is -0.640. The van der Waals surface area contributed by atoms with Crippen LogP contribution in [0.1, 0.15) is 20.3 Å². The summed E-state index contributed by atoms with van der Waals surface area (Å²) >= 11 is 1.75. The van der Waals surface area contributed by atoms with E-state index in [9.17, 15) is 0 Å². The largest absolute Gasteiger partial charge is 0.316 e. The Balaban J connectivity index is 3.24. The highest BCUT2D eigenvalue weighted by molar-refractivity contribution is 7.99. The first-order valence-corrected chi connectivity index (χ1v) is 5.91. The zero-order valence-electron chi connectivity index (χ0n) is 8.97. The molecule has 3 heteroatoms. The summed E-state index contributed by atoms with van der Waals surface area (Å²) in [4.78, 5) is 0. The highest BCUT2D eigenvalue weighted by Crippen LogP contribution is 2.16. The summed E-state index contributed by atoms with van der Waals surface area (Å²) in [5.74, 6) is 4.41. The fraction of sp³-hybridized carbons (Fsp3) is 0.727. The Morgan fingerprint density at radius 1 is 1.43 bits per heavy atom. The minimum Gasteiger partial charge on any atom is -0.316 e. The maximum atomic E-state index is 8.76. The SMILES string of the molecule is C#CCSCCNCCC(C)(C)C#N. The van der Waals surface area contributed by atoms with Crippen molar-refractivity contribution in [1.82, 2.24) is 5.32 Å². The normalized spacial score (nSPS) is 10.6. The second kappa shape index (κ2) is 7.74. The van der Waals surface area contributed by atoms with Gasteiger partial charge in [0.05, 0.1) is 17.2 Å². The molecule has 0 aliphatic carbocycles. The van der Waals surface area contributed by atoms with Crippen LogP contribution in [0.25, 0.3) is 0 Å². The molecule has 0 aliphatic rings. The molecular weight excluding hydrogens is 192 g/mol. The Labute approximate surface area is 91.5 Å². The summed E-state index contributed by atoms with van der Waals surface area (Å²) in [7, 11) is 0. The zero-order valence-corrected chi connectivity index (χ0v) is 9.78. The molecule has 0 aliphatic heterocycles. The van der Waals surface area contributed by atoms with Gasteiger partial charge in [-0.2, -0.15) is 5.26 Å². The first-order chi connectivity index (χ1) is 6.62. The number of rotatable bonds is 7. The van der Waals surface area contributed by atoms with Gasteiger partial charge in [0.15, 0.2) is 0 Å². The van der Waals surface area contributed by atoms with E-state index in [0.717, 1.165) is 31.0 Å². The second-order valence-electron chi connectivity index (χ2n) is 3.75. The Morgan fingerprint density at radius 3 is 2.71 bits per heavy atom. The summed E-state index contributed by atoms with van der Waals surface area (Å²) in [5.41, 5.74) is -0.209. The number of thioether (sulfide) groups is 1. The predicted octanol–water partition coefficient (Wildman–Crippen LogP) is 1.88. The van der Waals surface area contributed by atoms with Crippen molar-refractivity contribution in [2.24, 2.45) is 5.41 Å². The third-order valence-electron chi connectivity index (χ3n) is 1.84. The van der Waals surface area contributed by atoms with Gasteiger partial charge in [0.2, 0.25) is 0 Å². The van der Waals surface area contributed by atoms with Crippen LogP contribution in [0, 0.1) is 29.1 Å². The first kappa shape index (κ1) is 13.4. The minimum atomic E-state index is -0.209.